The third kappa shape index (κ3) is 3.24. The summed E-state index contributed by atoms with van der Waals surface area (Å²) in [4.78, 5) is 4.23. The van der Waals surface area contributed by atoms with Gasteiger partial charge in [-0.2, -0.15) is 0 Å². The minimum atomic E-state index is 0.335. The molecule has 0 heterocycles. The van der Waals surface area contributed by atoms with Gasteiger partial charge in [-0.15, -0.1) is 0 Å². The van der Waals surface area contributed by atoms with Crippen molar-refractivity contribution in [1.82, 2.24) is 0 Å². The van der Waals surface area contributed by atoms with Gasteiger partial charge in [-0.25, -0.2) is 4.99 Å². The van der Waals surface area contributed by atoms with Gasteiger partial charge in [0, 0.05) is 11.4 Å². The van der Waals surface area contributed by atoms with Crippen molar-refractivity contribution >= 4 is 23.0 Å². The number of hydrogen-bond acceptors (Lipinski definition) is 2. The van der Waals surface area contributed by atoms with Gasteiger partial charge >= 0.3 is 0 Å². The number of hydrogen-bond donors (Lipinski definition) is 3. The Hall–Kier alpha value is -2.49. The zero-order valence-electron chi connectivity index (χ0n) is 9.30. The molecule has 0 aliphatic carbocycles. The van der Waals surface area contributed by atoms with Crippen molar-refractivity contribution in [2.75, 3.05) is 11.1 Å². The Labute approximate surface area is 100.0 Å². The number of nitrogens with zero attached hydrogens (tertiary/aromatic N) is 1. The number of rotatable bonds is 2. The largest absolute Gasteiger partial charge is 0.399 e. The van der Waals surface area contributed by atoms with Crippen LogP contribution in [0.4, 0.5) is 17.1 Å². The number of benzene rings is 2. The van der Waals surface area contributed by atoms with Crippen molar-refractivity contribution in [2.24, 2.45) is 10.7 Å². The predicted molar refractivity (Wildman–Crippen MR) is 72.2 cm³/mol. The van der Waals surface area contributed by atoms with Crippen molar-refractivity contribution in [3.63, 3.8) is 0 Å². The molecule has 0 amide bonds. The number of nitrogen functional groups attached to an aromatic ring is 1. The molecule has 17 heavy (non-hydrogen) atoms. The van der Waals surface area contributed by atoms with Gasteiger partial charge in [0.25, 0.3) is 0 Å². The van der Waals surface area contributed by atoms with E-state index in [2.05, 4.69) is 10.3 Å². The SMILES string of the molecule is NC(=Nc1ccccc1)Nc1cccc(N)c1. The summed E-state index contributed by atoms with van der Waals surface area (Å²) in [6, 6.07) is 16.9. The van der Waals surface area contributed by atoms with Crippen molar-refractivity contribution in [2.45, 2.75) is 0 Å². The second-order valence-electron chi connectivity index (χ2n) is 3.58. The van der Waals surface area contributed by atoms with Gasteiger partial charge in [0.05, 0.1) is 5.69 Å². The monoisotopic (exact) mass is 226 g/mol. The van der Waals surface area contributed by atoms with Gasteiger partial charge < -0.3 is 16.8 Å². The molecule has 86 valence electrons. The third-order valence-corrected chi connectivity index (χ3v) is 2.16. The van der Waals surface area contributed by atoms with E-state index in [4.69, 9.17) is 11.5 Å². The number of anilines is 2. The molecular formula is C13H14N4. The Bertz CT molecular complexity index is 520. The van der Waals surface area contributed by atoms with Crippen LogP contribution in [0.15, 0.2) is 59.6 Å². The molecular weight excluding hydrogens is 212 g/mol. The maximum atomic E-state index is 5.79. The molecule has 0 saturated carbocycles. The first-order valence-corrected chi connectivity index (χ1v) is 5.26. The summed E-state index contributed by atoms with van der Waals surface area (Å²) in [5.74, 6) is 0.335. The van der Waals surface area contributed by atoms with E-state index in [1.165, 1.54) is 0 Å². The van der Waals surface area contributed by atoms with E-state index in [1.54, 1.807) is 6.07 Å². The van der Waals surface area contributed by atoms with Gasteiger partial charge in [-0.1, -0.05) is 24.3 Å². The normalized spacial score (nSPS) is 11.2. The van der Waals surface area contributed by atoms with E-state index in [-0.39, 0.29) is 0 Å². The highest BCUT2D eigenvalue weighted by molar-refractivity contribution is 5.94. The molecule has 0 atom stereocenters. The van der Waals surface area contributed by atoms with Crippen LogP contribution >= 0.6 is 0 Å². The second kappa shape index (κ2) is 5.03. The van der Waals surface area contributed by atoms with Gasteiger partial charge in [0.15, 0.2) is 5.96 Å². The van der Waals surface area contributed by atoms with Crippen molar-refractivity contribution in [3.05, 3.63) is 54.6 Å². The quantitative estimate of drug-likeness (QED) is 0.418. The summed E-state index contributed by atoms with van der Waals surface area (Å²) in [5, 5.41) is 2.98. The lowest BCUT2D eigenvalue weighted by molar-refractivity contribution is 1.44. The molecule has 4 nitrogen and oxygen atoms in total. The average Bonchev–Trinajstić information content (AvgIpc) is 2.30. The van der Waals surface area contributed by atoms with Crippen LogP contribution in [-0.4, -0.2) is 5.96 Å². The highest BCUT2D eigenvalue weighted by Gasteiger charge is 1.95. The number of nitrogens with one attached hydrogen (secondary N) is 1. The van der Waals surface area contributed by atoms with E-state index < -0.39 is 0 Å². The maximum Gasteiger partial charge on any atom is 0.198 e. The molecule has 0 spiro atoms. The molecule has 0 saturated heterocycles. The average molecular weight is 226 g/mol. The van der Waals surface area contributed by atoms with Gasteiger partial charge in [-0.3, -0.25) is 0 Å². The van der Waals surface area contributed by atoms with Crippen LogP contribution in [0, 0.1) is 0 Å². The van der Waals surface area contributed by atoms with Crippen LogP contribution in [0.2, 0.25) is 0 Å². The first-order chi connectivity index (χ1) is 8.24. The molecule has 0 aliphatic rings. The lowest BCUT2D eigenvalue weighted by Crippen LogP contribution is -2.21. The summed E-state index contributed by atoms with van der Waals surface area (Å²) in [6.07, 6.45) is 0. The fraction of sp³-hybridized carbons (Fsp3) is 0. The number of para-hydroxylation sites is 1. The van der Waals surface area contributed by atoms with Crippen LogP contribution < -0.4 is 16.8 Å². The molecule has 0 aliphatic heterocycles. The molecule has 0 radical (unpaired) electrons. The molecule has 0 unspecified atom stereocenters. The van der Waals surface area contributed by atoms with Crippen LogP contribution in [-0.2, 0) is 0 Å². The molecule has 4 heteroatoms. The molecule has 0 bridgehead atoms. The fourth-order valence-electron chi connectivity index (χ4n) is 1.43. The molecule has 5 N–H and O–H groups in total. The topological polar surface area (TPSA) is 76.4 Å². The number of aliphatic imine (C=N–C) groups is 1. The minimum Gasteiger partial charge on any atom is -0.399 e. The second-order valence-corrected chi connectivity index (χ2v) is 3.58. The zero-order chi connectivity index (χ0) is 12.1. The highest BCUT2D eigenvalue weighted by atomic mass is 15.1. The van der Waals surface area contributed by atoms with E-state index in [9.17, 15) is 0 Å². The first-order valence-electron chi connectivity index (χ1n) is 5.26. The van der Waals surface area contributed by atoms with Crippen molar-refractivity contribution in [1.29, 1.82) is 0 Å². The summed E-state index contributed by atoms with van der Waals surface area (Å²) < 4.78 is 0. The Morgan fingerprint density at radius 2 is 1.76 bits per heavy atom. The molecule has 2 aromatic carbocycles. The zero-order valence-corrected chi connectivity index (χ0v) is 9.30. The summed E-state index contributed by atoms with van der Waals surface area (Å²) in [5.41, 5.74) is 13.8. The standard InChI is InChI=1S/C13H14N4/c14-10-5-4-8-12(9-10)17-13(15)16-11-6-2-1-3-7-11/h1-9H,14H2,(H3,15,16,17). The van der Waals surface area contributed by atoms with Crippen LogP contribution in [0.5, 0.6) is 0 Å². The van der Waals surface area contributed by atoms with E-state index >= 15 is 0 Å². The molecule has 0 fully saturated rings. The third-order valence-electron chi connectivity index (χ3n) is 2.16. The van der Waals surface area contributed by atoms with Gasteiger partial charge in [0.1, 0.15) is 0 Å². The lowest BCUT2D eigenvalue weighted by Gasteiger charge is -2.05. The van der Waals surface area contributed by atoms with Gasteiger partial charge in [-0.05, 0) is 30.3 Å². The Morgan fingerprint density at radius 1 is 1.00 bits per heavy atom. The van der Waals surface area contributed by atoms with Crippen LogP contribution in [0.25, 0.3) is 0 Å². The maximum absolute atomic E-state index is 5.79. The predicted octanol–water partition coefficient (Wildman–Crippen LogP) is 2.33. The molecule has 2 rings (SSSR count). The van der Waals surface area contributed by atoms with E-state index in [0.717, 1.165) is 11.4 Å². The Kier molecular flexibility index (Phi) is 3.25. The summed E-state index contributed by atoms with van der Waals surface area (Å²) >= 11 is 0. The summed E-state index contributed by atoms with van der Waals surface area (Å²) in [6.45, 7) is 0. The lowest BCUT2D eigenvalue weighted by atomic mass is 10.3. The molecule has 2 aromatic rings. The van der Waals surface area contributed by atoms with Crippen molar-refractivity contribution in [3.8, 4) is 0 Å². The Morgan fingerprint density at radius 3 is 2.47 bits per heavy atom. The number of nitrogens with two attached hydrogens (primary N) is 2. The van der Waals surface area contributed by atoms with Crippen LogP contribution in [0.3, 0.4) is 0 Å². The Balaban J connectivity index is 2.12. The molecule has 0 aromatic heterocycles. The van der Waals surface area contributed by atoms with Crippen LogP contribution in [0.1, 0.15) is 0 Å². The smallest absolute Gasteiger partial charge is 0.198 e. The highest BCUT2D eigenvalue weighted by Crippen LogP contribution is 2.13. The van der Waals surface area contributed by atoms with Crippen molar-refractivity contribution < 1.29 is 0 Å². The van der Waals surface area contributed by atoms with E-state index in [1.807, 2.05) is 48.5 Å². The first kappa shape index (κ1) is 11.0. The fourth-order valence-corrected chi connectivity index (χ4v) is 1.43. The van der Waals surface area contributed by atoms with Gasteiger partial charge in [0.2, 0.25) is 0 Å². The summed E-state index contributed by atoms with van der Waals surface area (Å²) in [7, 11) is 0. The van der Waals surface area contributed by atoms with E-state index in [0.29, 0.717) is 11.6 Å². The minimum absolute atomic E-state index is 0.335. The number of guanidine groups is 1.